The van der Waals surface area contributed by atoms with Crippen LogP contribution in [0.25, 0.3) is 11.3 Å². The smallest absolute Gasteiger partial charge is 0.251 e. The maximum absolute atomic E-state index is 12.6. The van der Waals surface area contributed by atoms with Crippen molar-refractivity contribution in [1.29, 1.82) is 0 Å². The summed E-state index contributed by atoms with van der Waals surface area (Å²) in [6.45, 7) is 6.18. The lowest BCUT2D eigenvalue weighted by molar-refractivity contribution is 0.0853. The molecule has 0 fully saturated rings. The number of amides is 1. The topological polar surface area (TPSA) is 111 Å². The molecule has 0 aliphatic carbocycles. The Kier molecular flexibility index (Phi) is 7.04. The van der Waals surface area contributed by atoms with Crippen molar-refractivity contribution < 1.29 is 14.3 Å². The molecule has 0 radical (unpaired) electrons. The fourth-order valence-corrected chi connectivity index (χ4v) is 3.69. The summed E-state index contributed by atoms with van der Waals surface area (Å²) in [6.07, 6.45) is 2.48. The first-order valence-electron chi connectivity index (χ1n) is 11.1. The van der Waals surface area contributed by atoms with Crippen LogP contribution in [0.15, 0.2) is 48.7 Å². The molecule has 172 valence electrons. The average Bonchev–Trinajstić information content (AvgIpc) is 2.80. The van der Waals surface area contributed by atoms with E-state index in [0.29, 0.717) is 49.3 Å². The van der Waals surface area contributed by atoms with Crippen LogP contribution in [0.1, 0.15) is 36.2 Å². The van der Waals surface area contributed by atoms with Gasteiger partial charge in [-0.15, -0.1) is 0 Å². The molecule has 4 N–H and O–H groups in total. The van der Waals surface area contributed by atoms with Crippen LogP contribution in [0.4, 0.5) is 17.3 Å². The number of nitrogen functional groups attached to an aromatic ring is 1. The molecule has 0 saturated heterocycles. The SMILES string of the molecule is CCOc1ccc2cc1COCC(C)CCNC(=O)c1ccc(c(N)c1)-c1ccnc(n1)N2. The van der Waals surface area contributed by atoms with Gasteiger partial charge in [0.1, 0.15) is 5.75 Å². The van der Waals surface area contributed by atoms with E-state index in [4.69, 9.17) is 15.2 Å². The molecule has 1 aromatic heterocycles. The normalized spacial score (nSPS) is 16.7. The van der Waals surface area contributed by atoms with Gasteiger partial charge in [0.25, 0.3) is 5.91 Å². The second-order valence-electron chi connectivity index (χ2n) is 8.11. The third-order valence-electron chi connectivity index (χ3n) is 5.44. The van der Waals surface area contributed by atoms with Crippen molar-refractivity contribution in [2.24, 2.45) is 5.92 Å². The molecule has 33 heavy (non-hydrogen) atoms. The maximum Gasteiger partial charge on any atom is 0.251 e. The van der Waals surface area contributed by atoms with Gasteiger partial charge in [0.05, 0.1) is 18.9 Å². The Labute approximate surface area is 193 Å². The highest BCUT2D eigenvalue weighted by Crippen LogP contribution is 2.28. The Hall–Kier alpha value is -3.65. The molecule has 0 saturated carbocycles. The maximum atomic E-state index is 12.6. The highest BCUT2D eigenvalue weighted by molar-refractivity contribution is 5.96. The number of carbonyl (C=O) groups excluding carboxylic acids is 1. The molecule has 8 heteroatoms. The van der Waals surface area contributed by atoms with Crippen molar-refractivity contribution in [3.8, 4) is 17.0 Å². The Morgan fingerprint density at radius 3 is 2.91 bits per heavy atom. The summed E-state index contributed by atoms with van der Waals surface area (Å²) < 4.78 is 11.7. The number of anilines is 3. The van der Waals surface area contributed by atoms with E-state index in [-0.39, 0.29) is 11.8 Å². The molecule has 0 spiro atoms. The van der Waals surface area contributed by atoms with Gasteiger partial charge in [0, 0.05) is 47.4 Å². The minimum atomic E-state index is -0.151. The van der Waals surface area contributed by atoms with Crippen LogP contribution in [0.5, 0.6) is 5.75 Å². The first kappa shape index (κ1) is 22.5. The van der Waals surface area contributed by atoms with Gasteiger partial charge in [-0.1, -0.05) is 6.92 Å². The number of ether oxygens (including phenoxy) is 2. The van der Waals surface area contributed by atoms with E-state index >= 15 is 0 Å². The number of aromatic nitrogens is 2. The largest absolute Gasteiger partial charge is 0.494 e. The summed E-state index contributed by atoms with van der Waals surface area (Å²) >= 11 is 0. The number of nitrogens with zero attached hydrogens (tertiary/aromatic N) is 2. The fraction of sp³-hybridized carbons (Fsp3) is 0.320. The molecule has 8 nitrogen and oxygen atoms in total. The predicted octanol–water partition coefficient (Wildman–Crippen LogP) is 4.15. The lowest BCUT2D eigenvalue weighted by atomic mass is 10.1. The second kappa shape index (κ2) is 10.3. The van der Waals surface area contributed by atoms with Crippen LogP contribution in [0.2, 0.25) is 0 Å². The van der Waals surface area contributed by atoms with Gasteiger partial charge in [0.15, 0.2) is 0 Å². The van der Waals surface area contributed by atoms with Crippen LogP contribution >= 0.6 is 0 Å². The quantitative estimate of drug-likeness (QED) is 0.506. The van der Waals surface area contributed by atoms with Crippen molar-refractivity contribution in [1.82, 2.24) is 15.3 Å². The van der Waals surface area contributed by atoms with E-state index in [1.807, 2.05) is 31.2 Å². The van der Waals surface area contributed by atoms with E-state index in [2.05, 4.69) is 27.5 Å². The summed E-state index contributed by atoms with van der Waals surface area (Å²) in [6, 6.07) is 12.9. The summed E-state index contributed by atoms with van der Waals surface area (Å²) in [7, 11) is 0. The second-order valence-corrected chi connectivity index (χ2v) is 8.11. The number of nitrogens with one attached hydrogen (secondary N) is 2. The number of benzene rings is 2. The molecule has 3 aromatic rings. The molecule has 3 heterocycles. The standard InChI is InChI=1S/C25H29N5O3/c1-3-33-23-7-5-19-12-18(23)15-32-14-16(2)8-10-27-24(31)17-4-6-20(21(26)13-17)22-9-11-28-25(29-19)30-22/h4-7,9,11-13,16H,3,8,10,14-15,26H2,1-2H3,(H,27,31)(H,28,29,30). The minimum absolute atomic E-state index is 0.151. The highest BCUT2D eigenvalue weighted by atomic mass is 16.5. The molecule has 1 atom stereocenters. The lowest BCUT2D eigenvalue weighted by Crippen LogP contribution is -2.26. The van der Waals surface area contributed by atoms with Crippen LogP contribution in [-0.2, 0) is 11.3 Å². The Morgan fingerprint density at radius 2 is 2.09 bits per heavy atom. The van der Waals surface area contributed by atoms with Crippen molar-refractivity contribution in [2.45, 2.75) is 26.9 Å². The van der Waals surface area contributed by atoms with Gasteiger partial charge >= 0.3 is 0 Å². The van der Waals surface area contributed by atoms with Crippen molar-refractivity contribution >= 4 is 23.2 Å². The van der Waals surface area contributed by atoms with Gasteiger partial charge < -0.3 is 25.8 Å². The number of rotatable bonds is 2. The van der Waals surface area contributed by atoms with Crippen LogP contribution in [0, 0.1) is 5.92 Å². The zero-order valence-corrected chi connectivity index (χ0v) is 18.9. The first-order valence-corrected chi connectivity index (χ1v) is 11.1. The van der Waals surface area contributed by atoms with Crippen molar-refractivity contribution in [3.63, 3.8) is 0 Å². The number of hydrogen-bond acceptors (Lipinski definition) is 7. The van der Waals surface area contributed by atoms with Crippen molar-refractivity contribution in [3.05, 3.63) is 59.8 Å². The van der Waals surface area contributed by atoms with Gasteiger partial charge in [-0.25, -0.2) is 9.97 Å². The Bertz CT molecular complexity index is 1130. The molecule has 1 unspecified atom stereocenters. The molecule has 2 aliphatic rings. The highest BCUT2D eigenvalue weighted by Gasteiger charge is 2.13. The van der Waals surface area contributed by atoms with Crippen LogP contribution < -0.4 is 21.1 Å². The Balaban J connectivity index is 1.69. The Morgan fingerprint density at radius 1 is 1.21 bits per heavy atom. The third kappa shape index (κ3) is 5.59. The van der Waals surface area contributed by atoms with Crippen LogP contribution in [-0.4, -0.2) is 35.6 Å². The molecule has 5 rings (SSSR count). The molecule has 2 aromatic carbocycles. The van der Waals surface area contributed by atoms with E-state index < -0.39 is 0 Å². The zero-order chi connectivity index (χ0) is 23.2. The first-order chi connectivity index (χ1) is 16.0. The lowest BCUT2D eigenvalue weighted by Gasteiger charge is -2.15. The third-order valence-corrected chi connectivity index (χ3v) is 5.44. The van der Waals surface area contributed by atoms with Gasteiger partial charge in [0.2, 0.25) is 5.95 Å². The number of fused-ring (bicyclic) bond motifs is 9. The van der Waals surface area contributed by atoms with Crippen LogP contribution in [0.3, 0.4) is 0 Å². The minimum Gasteiger partial charge on any atom is -0.494 e. The number of carbonyl (C=O) groups is 1. The summed E-state index contributed by atoms with van der Waals surface area (Å²) in [5.41, 5.74) is 10.5. The fourth-order valence-electron chi connectivity index (χ4n) is 3.69. The van der Waals surface area contributed by atoms with Gasteiger partial charge in [-0.2, -0.15) is 0 Å². The van der Waals surface area contributed by atoms with Crippen molar-refractivity contribution in [2.75, 3.05) is 30.8 Å². The van der Waals surface area contributed by atoms with E-state index in [1.54, 1.807) is 24.4 Å². The summed E-state index contributed by atoms with van der Waals surface area (Å²) in [4.78, 5) is 21.5. The molecular weight excluding hydrogens is 418 g/mol. The summed E-state index contributed by atoms with van der Waals surface area (Å²) in [5, 5.41) is 6.22. The van der Waals surface area contributed by atoms with E-state index in [9.17, 15) is 4.79 Å². The van der Waals surface area contributed by atoms with Gasteiger partial charge in [-0.3, -0.25) is 4.79 Å². The molecule has 6 bridgehead atoms. The zero-order valence-electron chi connectivity index (χ0n) is 18.9. The summed E-state index contributed by atoms with van der Waals surface area (Å²) in [5.74, 6) is 1.36. The molecule has 2 aliphatic heterocycles. The van der Waals surface area contributed by atoms with E-state index in [1.165, 1.54) is 0 Å². The average molecular weight is 448 g/mol. The molecular formula is C25H29N5O3. The number of hydrogen-bond donors (Lipinski definition) is 3. The van der Waals surface area contributed by atoms with E-state index in [0.717, 1.165) is 29.0 Å². The monoisotopic (exact) mass is 447 g/mol. The molecule has 1 amide bonds. The predicted molar refractivity (Wildman–Crippen MR) is 129 cm³/mol. The van der Waals surface area contributed by atoms with Gasteiger partial charge in [-0.05, 0) is 61.7 Å². The number of nitrogens with two attached hydrogens (primary N) is 1.